The zero-order chi connectivity index (χ0) is 13.8. The molecule has 0 aromatic carbocycles. The van der Waals surface area contributed by atoms with Crippen molar-refractivity contribution in [3.63, 3.8) is 0 Å². The minimum atomic E-state index is -0.265. The molecule has 0 saturated carbocycles. The van der Waals surface area contributed by atoms with Crippen LogP contribution in [-0.4, -0.2) is 18.3 Å². The predicted octanol–water partition coefficient (Wildman–Crippen LogP) is 2.24. The first-order chi connectivity index (χ1) is 9.15. The standard InChI is InChI=1S/C14H18N2O2S/c1-10(15)11-5-6-12(13-4-3-9-19-13)16(14(11)17)7-8-18-2/h3-6,9-10H,7-8,15H2,1-2H3. The maximum absolute atomic E-state index is 12.5. The van der Waals surface area contributed by atoms with Crippen molar-refractivity contribution in [1.82, 2.24) is 4.57 Å². The Hall–Kier alpha value is -1.43. The molecule has 5 heteroatoms. The molecule has 2 aromatic rings. The average molecular weight is 278 g/mol. The molecule has 2 aromatic heterocycles. The zero-order valence-electron chi connectivity index (χ0n) is 11.1. The minimum absolute atomic E-state index is 0.0297. The van der Waals surface area contributed by atoms with Gasteiger partial charge in [-0.3, -0.25) is 4.79 Å². The van der Waals surface area contributed by atoms with Crippen LogP contribution in [-0.2, 0) is 11.3 Å². The van der Waals surface area contributed by atoms with E-state index in [1.54, 1.807) is 23.0 Å². The van der Waals surface area contributed by atoms with Crippen molar-refractivity contribution in [1.29, 1.82) is 0 Å². The molecule has 0 aliphatic carbocycles. The van der Waals surface area contributed by atoms with Gasteiger partial charge in [-0.2, -0.15) is 0 Å². The van der Waals surface area contributed by atoms with Crippen LogP contribution in [0.3, 0.4) is 0 Å². The van der Waals surface area contributed by atoms with Gasteiger partial charge in [-0.1, -0.05) is 6.07 Å². The lowest BCUT2D eigenvalue weighted by molar-refractivity contribution is 0.186. The van der Waals surface area contributed by atoms with Crippen molar-refractivity contribution < 1.29 is 4.74 Å². The summed E-state index contributed by atoms with van der Waals surface area (Å²) in [5.41, 5.74) is 7.36. The van der Waals surface area contributed by atoms with Crippen molar-refractivity contribution in [2.45, 2.75) is 19.5 Å². The van der Waals surface area contributed by atoms with Crippen LogP contribution >= 0.6 is 11.3 Å². The number of methoxy groups -OCH3 is 1. The van der Waals surface area contributed by atoms with E-state index in [9.17, 15) is 4.79 Å². The van der Waals surface area contributed by atoms with Crippen molar-refractivity contribution in [2.24, 2.45) is 5.73 Å². The first-order valence-corrected chi connectivity index (χ1v) is 7.05. The van der Waals surface area contributed by atoms with Gasteiger partial charge < -0.3 is 15.0 Å². The second kappa shape index (κ2) is 6.14. The summed E-state index contributed by atoms with van der Waals surface area (Å²) in [7, 11) is 1.63. The molecule has 2 heterocycles. The molecule has 0 aliphatic heterocycles. The molecule has 0 spiro atoms. The van der Waals surface area contributed by atoms with Gasteiger partial charge in [-0.15, -0.1) is 11.3 Å². The maximum atomic E-state index is 12.5. The van der Waals surface area contributed by atoms with E-state index in [1.165, 1.54) is 0 Å². The number of aromatic nitrogens is 1. The van der Waals surface area contributed by atoms with Crippen molar-refractivity contribution >= 4 is 11.3 Å². The van der Waals surface area contributed by atoms with Crippen molar-refractivity contribution in [2.75, 3.05) is 13.7 Å². The second-order valence-electron chi connectivity index (χ2n) is 4.39. The Bertz CT molecular complexity index is 588. The van der Waals surface area contributed by atoms with Gasteiger partial charge in [-0.25, -0.2) is 0 Å². The van der Waals surface area contributed by atoms with Crippen molar-refractivity contribution in [3.05, 3.63) is 45.6 Å². The average Bonchev–Trinajstić information content (AvgIpc) is 2.90. The van der Waals surface area contributed by atoms with Crippen LogP contribution in [0.4, 0.5) is 0 Å². The van der Waals surface area contributed by atoms with Gasteiger partial charge in [-0.05, 0) is 30.5 Å². The molecule has 0 bridgehead atoms. The molecule has 102 valence electrons. The van der Waals surface area contributed by atoms with Crippen LogP contribution in [0.25, 0.3) is 10.6 Å². The van der Waals surface area contributed by atoms with Gasteiger partial charge in [0, 0.05) is 25.3 Å². The summed E-state index contributed by atoms with van der Waals surface area (Å²) in [5, 5.41) is 2.00. The molecule has 0 amide bonds. The van der Waals surface area contributed by atoms with Crippen LogP contribution in [0, 0.1) is 0 Å². The van der Waals surface area contributed by atoms with Crippen LogP contribution in [0.1, 0.15) is 18.5 Å². The van der Waals surface area contributed by atoms with Gasteiger partial charge in [0.2, 0.25) is 0 Å². The first-order valence-electron chi connectivity index (χ1n) is 6.17. The summed E-state index contributed by atoms with van der Waals surface area (Å²) < 4.78 is 6.83. The van der Waals surface area contributed by atoms with E-state index in [4.69, 9.17) is 10.5 Å². The second-order valence-corrected chi connectivity index (χ2v) is 5.34. The molecule has 2 rings (SSSR count). The van der Waals surface area contributed by atoms with E-state index < -0.39 is 0 Å². The van der Waals surface area contributed by atoms with Crippen LogP contribution in [0.2, 0.25) is 0 Å². The molecule has 1 unspecified atom stereocenters. The number of nitrogens with two attached hydrogens (primary N) is 1. The zero-order valence-corrected chi connectivity index (χ0v) is 11.9. The molecule has 0 radical (unpaired) electrons. The van der Waals surface area contributed by atoms with Gasteiger partial charge in [0.1, 0.15) is 0 Å². The Morgan fingerprint density at radius 1 is 1.42 bits per heavy atom. The maximum Gasteiger partial charge on any atom is 0.255 e. The molecular weight excluding hydrogens is 260 g/mol. The highest BCUT2D eigenvalue weighted by Crippen LogP contribution is 2.24. The third-order valence-corrected chi connectivity index (χ3v) is 3.88. The lowest BCUT2D eigenvalue weighted by Crippen LogP contribution is -2.29. The van der Waals surface area contributed by atoms with Gasteiger partial charge in [0.05, 0.1) is 17.2 Å². The summed E-state index contributed by atoms with van der Waals surface area (Å²) in [6, 6.07) is 7.50. The number of rotatable bonds is 5. The van der Waals surface area contributed by atoms with Gasteiger partial charge in [0.25, 0.3) is 5.56 Å². The Morgan fingerprint density at radius 3 is 2.79 bits per heavy atom. The Balaban J connectivity index is 2.55. The Labute approximate surface area is 116 Å². The van der Waals surface area contributed by atoms with E-state index in [2.05, 4.69) is 0 Å². The van der Waals surface area contributed by atoms with Gasteiger partial charge >= 0.3 is 0 Å². The highest BCUT2D eigenvalue weighted by atomic mass is 32.1. The van der Waals surface area contributed by atoms with Crippen LogP contribution in [0.5, 0.6) is 0 Å². The van der Waals surface area contributed by atoms with E-state index in [0.717, 1.165) is 10.6 Å². The fourth-order valence-corrected chi connectivity index (χ4v) is 2.75. The van der Waals surface area contributed by atoms with Crippen molar-refractivity contribution in [3.8, 4) is 10.6 Å². The number of ether oxygens (including phenoxy) is 1. The topological polar surface area (TPSA) is 57.2 Å². The number of hydrogen-bond donors (Lipinski definition) is 1. The molecule has 2 N–H and O–H groups in total. The SMILES string of the molecule is COCCn1c(-c2cccs2)ccc(C(C)N)c1=O. The Kier molecular flexibility index (Phi) is 4.52. The first kappa shape index (κ1) is 14.0. The van der Waals surface area contributed by atoms with Crippen LogP contribution < -0.4 is 11.3 Å². The molecule has 0 saturated heterocycles. The molecule has 0 fully saturated rings. The quantitative estimate of drug-likeness (QED) is 0.912. The summed E-state index contributed by atoms with van der Waals surface area (Å²) in [6.07, 6.45) is 0. The van der Waals surface area contributed by atoms with E-state index in [-0.39, 0.29) is 11.6 Å². The Morgan fingerprint density at radius 2 is 2.21 bits per heavy atom. The number of nitrogens with zero attached hydrogens (tertiary/aromatic N) is 1. The lowest BCUT2D eigenvalue weighted by Gasteiger charge is -2.14. The highest BCUT2D eigenvalue weighted by molar-refractivity contribution is 7.13. The number of pyridine rings is 1. The molecule has 19 heavy (non-hydrogen) atoms. The molecule has 0 aliphatic rings. The summed E-state index contributed by atoms with van der Waals surface area (Å²) in [6.45, 7) is 2.85. The largest absolute Gasteiger partial charge is 0.383 e. The third kappa shape index (κ3) is 2.94. The summed E-state index contributed by atoms with van der Waals surface area (Å²) in [5.74, 6) is 0. The van der Waals surface area contributed by atoms with Gasteiger partial charge in [0.15, 0.2) is 0 Å². The fraction of sp³-hybridized carbons (Fsp3) is 0.357. The monoisotopic (exact) mass is 278 g/mol. The third-order valence-electron chi connectivity index (χ3n) is 2.99. The van der Waals surface area contributed by atoms with E-state index >= 15 is 0 Å². The number of hydrogen-bond acceptors (Lipinski definition) is 4. The number of thiophene rings is 1. The minimum Gasteiger partial charge on any atom is -0.383 e. The normalized spacial score (nSPS) is 12.6. The highest BCUT2D eigenvalue weighted by Gasteiger charge is 2.13. The van der Waals surface area contributed by atoms with E-state index in [0.29, 0.717) is 18.7 Å². The fourth-order valence-electron chi connectivity index (χ4n) is 1.99. The predicted molar refractivity (Wildman–Crippen MR) is 78.5 cm³/mol. The smallest absolute Gasteiger partial charge is 0.255 e. The molecule has 4 nitrogen and oxygen atoms in total. The van der Waals surface area contributed by atoms with Crippen LogP contribution in [0.15, 0.2) is 34.4 Å². The summed E-state index contributed by atoms with van der Waals surface area (Å²) >= 11 is 1.61. The van der Waals surface area contributed by atoms with E-state index in [1.807, 2.05) is 36.6 Å². The summed E-state index contributed by atoms with van der Waals surface area (Å²) in [4.78, 5) is 13.5. The molecule has 1 atom stereocenters. The molecular formula is C14H18N2O2S. The lowest BCUT2D eigenvalue weighted by atomic mass is 10.1.